The zero-order chi connectivity index (χ0) is 4.99. The van der Waals surface area contributed by atoms with Crippen molar-refractivity contribution in [2.75, 3.05) is 0 Å². The molecule has 0 fully saturated rings. The van der Waals surface area contributed by atoms with Crippen molar-refractivity contribution < 1.29 is 0 Å². The highest BCUT2D eigenvalue weighted by Gasteiger charge is 1.63. The first-order chi connectivity index (χ1) is 2.77. The van der Waals surface area contributed by atoms with E-state index in [1.807, 2.05) is 13.0 Å². The molecule has 0 saturated heterocycles. The van der Waals surface area contributed by atoms with E-state index < -0.39 is 0 Å². The molecule has 1 heteroatoms. The minimum Gasteiger partial charge on any atom is -0.102 e. The van der Waals surface area contributed by atoms with E-state index in [4.69, 9.17) is 0 Å². The number of hydrogen-bond donors (Lipinski definition) is 0. The number of allylic oxidation sites excluding steroid dienone is 2. The topological polar surface area (TPSA) is 0 Å². The molecule has 0 saturated carbocycles. The standard InChI is InChI=1S/C5H7Si/c1-5(2)3-4-6/h3-4H,1H2,2H3. The summed E-state index contributed by atoms with van der Waals surface area (Å²) in [5, 5.41) is 0. The fourth-order valence-corrected chi connectivity index (χ4v) is 0.427. The largest absolute Gasteiger partial charge is 0.102 e. The number of rotatable bonds is 1. The van der Waals surface area contributed by atoms with E-state index in [9.17, 15) is 0 Å². The van der Waals surface area contributed by atoms with Crippen LogP contribution in [0.15, 0.2) is 23.9 Å². The Morgan fingerprint density at radius 1 is 1.83 bits per heavy atom. The monoisotopic (exact) mass is 95.0 g/mol. The molecule has 6 heavy (non-hydrogen) atoms. The zero-order valence-corrected chi connectivity index (χ0v) is 4.86. The predicted octanol–water partition coefficient (Wildman–Crippen LogP) is 1.24. The van der Waals surface area contributed by atoms with Crippen molar-refractivity contribution in [3.05, 3.63) is 23.9 Å². The smallest absolute Gasteiger partial charge is 0.0600 e. The van der Waals surface area contributed by atoms with Gasteiger partial charge in [0, 0.05) is 0 Å². The summed E-state index contributed by atoms with van der Waals surface area (Å²) in [6.45, 7) is 5.57. The lowest BCUT2D eigenvalue weighted by Gasteiger charge is -1.75. The van der Waals surface area contributed by atoms with Crippen LogP contribution in [0.3, 0.4) is 0 Å². The first-order valence-corrected chi connectivity index (χ1v) is 2.34. The Bertz CT molecular complexity index is 72.0. The maximum Gasteiger partial charge on any atom is 0.0600 e. The molecule has 0 amide bonds. The van der Waals surface area contributed by atoms with E-state index in [0.717, 1.165) is 5.57 Å². The van der Waals surface area contributed by atoms with Crippen LogP contribution in [0.5, 0.6) is 0 Å². The Morgan fingerprint density at radius 3 is 2.33 bits per heavy atom. The molecule has 0 aliphatic carbocycles. The Morgan fingerprint density at radius 2 is 2.33 bits per heavy atom. The summed E-state index contributed by atoms with van der Waals surface area (Å²) in [6.07, 6.45) is 1.89. The zero-order valence-electron chi connectivity index (χ0n) is 3.86. The maximum absolute atomic E-state index is 3.63. The van der Waals surface area contributed by atoms with Crippen LogP contribution in [0.2, 0.25) is 0 Å². The van der Waals surface area contributed by atoms with Gasteiger partial charge in [0.25, 0.3) is 0 Å². The third-order valence-corrected chi connectivity index (χ3v) is 0.535. The second kappa shape index (κ2) is 2.91. The van der Waals surface area contributed by atoms with Gasteiger partial charge in [-0.1, -0.05) is 18.2 Å². The second-order valence-corrected chi connectivity index (χ2v) is 1.51. The van der Waals surface area contributed by atoms with Crippen molar-refractivity contribution in [2.24, 2.45) is 0 Å². The third-order valence-electron chi connectivity index (χ3n) is 0.368. The van der Waals surface area contributed by atoms with Crippen LogP contribution >= 0.6 is 0 Å². The molecule has 0 nitrogen and oxygen atoms in total. The molecular formula is C5H7Si. The Balaban J connectivity index is 3.30. The molecule has 0 rings (SSSR count). The van der Waals surface area contributed by atoms with Crippen LogP contribution in [0, 0.1) is 0 Å². The minimum absolute atomic E-state index is 1.06. The molecule has 0 atom stereocenters. The normalized spacial score (nSPS) is 9.67. The molecule has 0 aliphatic heterocycles. The first kappa shape index (κ1) is 5.70. The molecule has 0 aromatic carbocycles. The van der Waals surface area contributed by atoms with Gasteiger partial charge in [-0.2, -0.15) is 0 Å². The van der Waals surface area contributed by atoms with Crippen LogP contribution in [0.1, 0.15) is 6.92 Å². The lowest BCUT2D eigenvalue weighted by Crippen LogP contribution is -1.57. The van der Waals surface area contributed by atoms with Gasteiger partial charge in [0.05, 0.1) is 10.2 Å². The summed E-state index contributed by atoms with van der Waals surface area (Å²) in [6, 6.07) is 0. The minimum atomic E-state index is 1.06. The molecule has 0 aromatic rings. The fourth-order valence-electron chi connectivity index (χ4n) is 0.142. The van der Waals surface area contributed by atoms with Crippen LogP contribution < -0.4 is 0 Å². The van der Waals surface area contributed by atoms with E-state index >= 15 is 0 Å². The van der Waals surface area contributed by atoms with Crippen molar-refractivity contribution in [1.29, 1.82) is 0 Å². The highest BCUT2D eigenvalue weighted by molar-refractivity contribution is 6.17. The summed E-state index contributed by atoms with van der Waals surface area (Å²) in [5.41, 5.74) is 2.84. The van der Waals surface area contributed by atoms with Gasteiger partial charge in [-0.05, 0) is 6.92 Å². The first-order valence-electron chi connectivity index (χ1n) is 1.76. The van der Waals surface area contributed by atoms with Crippen LogP contribution in [0.4, 0.5) is 0 Å². The quantitative estimate of drug-likeness (QED) is 0.339. The van der Waals surface area contributed by atoms with Crippen molar-refractivity contribution in [3.63, 3.8) is 0 Å². The van der Waals surface area contributed by atoms with Crippen LogP contribution in [-0.2, 0) is 0 Å². The summed E-state index contributed by atoms with van der Waals surface area (Å²) in [4.78, 5) is 0. The van der Waals surface area contributed by atoms with E-state index in [1.54, 1.807) is 5.70 Å². The summed E-state index contributed by atoms with van der Waals surface area (Å²) in [5.74, 6) is 0. The van der Waals surface area contributed by atoms with E-state index in [-0.39, 0.29) is 0 Å². The van der Waals surface area contributed by atoms with Crippen molar-refractivity contribution >= 4 is 10.2 Å². The van der Waals surface area contributed by atoms with Gasteiger partial charge in [-0.3, -0.25) is 0 Å². The Labute approximate surface area is 42.0 Å². The van der Waals surface area contributed by atoms with Gasteiger partial charge in [0.15, 0.2) is 0 Å². The summed E-state index contributed by atoms with van der Waals surface area (Å²) < 4.78 is 0. The van der Waals surface area contributed by atoms with E-state index in [0.29, 0.717) is 0 Å². The van der Waals surface area contributed by atoms with Gasteiger partial charge >= 0.3 is 0 Å². The molecule has 0 bridgehead atoms. The van der Waals surface area contributed by atoms with Gasteiger partial charge in [-0.25, -0.2) is 0 Å². The molecule has 31 valence electrons. The average Bonchev–Trinajstić information content (AvgIpc) is 1.35. The van der Waals surface area contributed by atoms with Gasteiger partial charge in [0.1, 0.15) is 0 Å². The lowest BCUT2D eigenvalue weighted by molar-refractivity contribution is 1.57. The van der Waals surface area contributed by atoms with Crippen LogP contribution in [0.25, 0.3) is 0 Å². The molecule has 0 aliphatic rings. The van der Waals surface area contributed by atoms with E-state index in [1.165, 1.54) is 0 Å². The molecule has 3 radical (unpaired) electrons. The lowest BCUT2D eigenvalue weighted by atomic mass is 10.4. The van der Waals surface area contributed by atoms with Gasteiger partial charge in [-0.15, -0.1) is 5.70 Å². The highest BCUT2D eigenvalue weighted by atomic mass is 28.1. The van der Waals surface area contributed by atoms with E-state index in [2.05, 4.69) is 16.8 Å². The second-order valence-electron chi connectivity index (χ2n) is 1.18. The summed E-state index contributed by atoms with van der Waals surface area (Å²) in [7, 11) is 3.15. The third kappa shape index (κ3) is 3.70. The highest BCUT2D eigenvalue weighted by Crippen LogP contribution is 1.83. The molecule has 0 N–H and O–H groups in total. The maximum atomic E-state index is 3.63. The van der Waals surface area contributed by atoms with Crippen molar-refractivity contribution in [3.8, 4) is 0 Å². The van der Waals surface area contributed by atoms with Crippen molar-refractivity contribution in [1.82, 2.24) is 0 Å². The molecule has 0 aromatic heterocycles. The Hall–Kier alpha value is -0.303. The molecule has 0 unspecified atom stereocenters. The average molecular weight is 95.2 g/mol. The Kier molecular flexibility index (Phi) is 2.76. The molecule has 0 heterocycles. The van der Waals surface area contributed by atoms with Crippen molar-refractivity contribution in [2.45, 2.75) is 6.92 Å². The predicted molar refractivity (Wildman–Crippen MR) is 29.7 cm³/mol. The fraction of sp³-hybridized carbons (Fsp3) is 0.200. The van der Waals surface area contributed by atoms with Gasteiger partial charge < -0.3 is 0 Å². The van der Waals surface area contributed by atoms with Crippen LogP contribution in [-0.4, -0.2) is 10.2 Å². The summed E-state index contributed by atoms with van der Waals surface area (Å²) >= 11 is 0. The number of hydrogen-bond acceptors (Lipinski definition) is 0. The molecular weight excluding hydrogens is 88.1 g/mol. The van der Waals surface area contributed by atoms with Gasteiger partial charge in [0.2, 0.25) is 0 Å². The molecule has 0 spiro atoms. The SMILES string of the molecule is C=C(C)C=C[Si].